The van der Waals surface area contributed by atoms with E-state index in [1.807, 2.05) is 24.8 Å². The number of non-ortho nitro benzene ring substituents is 2. The molecular weight excluding hydrogens is 600 g/mol. The Hall–Kier alpha value is -7.26. The maximum Gasteiger partial charge on any atom is 0.283 e. The SMILES string of the molecule is O=[N+]([O-])c1cc([N+](=O)[O-])c([O-])c([N+](=O)[O-])c1.O=[N+]([O-])c1cc([N+](=O)[O-])c([O-])c([N+](=O)[O-])c1.c1cc(-c2cc[nH+]cc2)cc[nH+]1. The molecule has 4 aromatic rings. The van der Waals surface area contributed by atoms with Crippen LogP contribution < -0.4 is 20.2 Å². The Bertz CT molecular complexity index is 1550. The summed E-state index contributed by atoms with van der Waals surface area (Å²) in [6.07, 6.45) is 7.69. The van der Waals surface area contributed by atoms with Crippen molar-refractivity contribution in [3.05, 3.63) is 134 Å². The minimum Gasteiger partial charge on any atom is -0.863 e. The van der Waals surface area contributed by atoms with Crippen LogP contribution >= 0.6 is 0 Å². The van der Waals surface area contributed by atoms with Crippen molar-refractivity contribution in [1.29, 1.82) is 0 Å². The third-order valence-corrected chi connectivity index (χ3v) is 5.05. The quantitative estimate of drug-likeness (QED) is 0.212. The van der Waals surface area contributed by atoms with Crippen LogP contribution in [-0.2, 0) is 0 Å². The van der Waals surface area contributed by atoms with Gasteiger partial charge in [0.1, 0.15) is 0 Å². The second-order valence-electron chi connectivity index (χ2n) is 7.75. The van der Waals surface area contributed by atoms with E-state index in [9.17, 15) is 70.9 Å². The van der Waals surface area contributed by atoms with Crippen LogP contribution in [0.2, 0.25) is 0 Å². The number of benzene rings is 2. The second-order valence-corrected chi connectivity index (χ2v) is 7.75. The predicted octanol–water partition coefficient (Wildman–Crippen LogP) is 1.95. The standard InChI is InChI=1S/C10H8N2.2C6H3N3O7/c1-5-11-6-2-9(1)10-3-7-12-8-4-10;2*10-6-4(8(13)14)1-3(7(11)12)2-5(6)9(15)16/h1-8H;2*1-2,10H. The highest BCUT2D eigenvalue weighted by Gasteiger charge is 2.25. The van der Waals surface area contributed by atoms with Gasteiger partial charge in [0.15, 0.2) is 24.8 Å². The van der Waals surface area contributed by atoms with E-state index >= 15 is 0 Å². The Morgan fingerprint density at radius 2 is 0.636 bits per heavy atom. The van der Waals surface area contributed by atoms with Gasteiger partial charge in [-0.05, 0) is 11.1 Å². The van der Waals surface area contributed by atoms with E-state index in [1.165, 1.54) is 11.1 Å². The topological polar surface area (TPSA) is 333 Å². The van der Waals surface area contributed by atoms with Gasteiger partial charge in [-0.15, -0.1) is 0 Å². The predicted molar refractivity (Wildman–Crippen MR) is 137 cm³/mol. The van der Waals surface area contributed by atoms with Crippen molar-refractivity contribution >= 4 is 34.1 Å². The van der Waals surface area contributed by atoms with E-state index in [0.717, 1.165) is 0 Å². The minimum atomic E-state index is -1.46. The molecule has 0 aliphatic rings. The molecule has 0 radical (unpaired) electrons. The van der Waals surface area contributed by atoms with Crippen LogP contribution in [0.5, 0.6) is 11.5 Å². The average molecular weight is 614 g/mol. The molecule has 0 aliphatic heterocycles. The van der Waals surface area contributed by atoms with Crippen LogP contribution in [0.3, 0.4) is 0 Å². The molecule has 22 nitrogen and oxygen atoms in total. The third-order valence-electron chi connectivity index (χ3n) is 5.05. The number of nitrogens with zero attached hydrogens (tertiary/aromatic N) is 6. The highest BCUT2D eigenvalue weighted by Crippen LogP contribution is 2.38. The zero-order valence-corrected chi connectivity index (χ0v) is 21.3. The van der Waals surface area contributed by atoms with Gasteiger partial charge in [-0.25, -0.2) is 9.97 Å². The lowest BCUT2D eigenvalue weighted by atomic mass is 10.1. The van der Waals surface area contributed by atoms with Crippen molar-refractivity contribution < 1.29 is 49.7 Å². The molecule has 0 saturated heterocycles. The molecule has 2 aromatic carbocycles. The molecule has 0 fully saturated rings. The van der Waals surface area contributed by atoms with E-state index in [-0.39, 0.29) is 0 Å². The number of nitro groups is 6. The molecule has 0 spiro atoms. The average Bonchev–Trinajstić information content (AvgIpc) is 2.98. The van der Waals surface area contributed by atoms with Crippen LogP contribution in [0.25, 0.3) is 11.1 Å². The van der Waals surface area contributed by atoms with Crippen molar-refractivity contribution in [1.82, 2.24) is 0 Å². The van der Waals surface area contributed by atoms with E-state index in [1.54, 1.807) is 0 Å². The third kappa shape index (κ3) is 8.37. The normalized spacial score (nSPS) is 9.73. The lowest BCUT2D eigenvalue weighted by molar-refractivity contribution is -0.420. The van der Waals surface area contributed by atoms with Crippen molar-refractivity contribution in [2.24, 2.45) is 0 Å². The number of H-pyrrole nitrogens is 2. The van der Waals surface area contributed by atoms with E-state index < -0.39 is 75.2 Å². The van der Waals surface area contributed by atoms with Crippen LogP contribution in [0.4, 0.5) is 34.1 Å². The summed E-state index contributed by atoms with van der Waals surface area (Å²) in [6, 6.07) is 9.74. The molecule has 0 unspecified atom stereocenters. The number of hydrogen-bond acceptors (Lipinski definition) is 14. The molecule has 44 heavy (non-hydrogen) atoms. The smallest absolute Gasteiger partial charge is 0.283 e. The molecule has 2 heterocycles. The first-order chi connectivity index (χ1) is 20.6. The first-order valence-corrected chi connectivity index (χ1v) is 11.1. The fraction of sp³-hybridized carbons (Fsp3) is 0. The minimum absolute atomic E-state index is 0.384. The van der Waals surface area contributed by atoms with Gasteiger partial charge in [0, 0.05) is 24.3 Å². The van der Waals surface area contributed by atoms with Crippen LogP contribution in [0.15, 0.2) is 73.3 Å². The molecule has 0 saturated carbocycles. The number of pyridine rings is 2. The molecule has 0 amide bonds. The van der Waals surface area contributed by atoms with Gasteiger partial charge < -0.3 is 10.2 Å². The lowest BCUT2D eigenvalue weighted by Gasteiger charge is -2.06. The van der Waals surface area contributed by atoms with Crippen molar-refractivity contribution in [2.75, 3.05) is 0 Å². The summed E-state index contributed by atoms with van der Waals surface area (Å²) in [7, 11) is 0. The molecule has 0 aliphatic carbocycles. The zero-order chi connectivity index (χ0) is 33.1. The fourth-order valence-corrected chi connectivity index (χ4v) is 3.08. The van der Waals surface area contributed by atoms with Crippen molar-refractivity contribution in [3.8, 4) is 22.6 Å². The number of nitrogens with one attached hydrogen (secondary N) is 2. The number of aromatic nitrogens is 2. The molecule has 2 aromatic heterocycles. The Labute approximate surface area is 241 Å². The summed E-state index contributed by atoms with van der Waals surface area (Å²) < 4.78 is 0. The number of hydrogen-bond donors (Lipinski definition) is 0. The van der Waals surface area contributed by atoms with Gasteiger partial charge in [0.05, 0.1) is 65.3 Å². The summed E-state index contributed by atoms with van der Waals surface area (Å²) >= 11 is 0. The summed E-state index contributed by atoms with van der Waals surface area (Å²) in [5, 5.41) is 84.2. The van der Waals surface area contributed by atoms with Crippen molar-refractivity contribution in [3.63, 3.8) is 0 Å². The second kappa shape index (κ2) is 14.4. The lowest BCUT2D eigenvalue weighted by Crippen LogP contribution is -2.04. The Morgan fingerprint density at radius 1 is 0.409 bits per heavy atom. The summed E-state index contributed by atoms with van der Waals surface area (Å²) in [5.41, 5.74) is -4.08. The Balaban J connectivity index is 0.000000232. The zero-order valence-electron chi connectivity index (χ0n) is 21.3. The van der Waals surface area contributed by atoms with Crippen LogP contribution in [-0.4, -0.2) is 29.5 Å². The number of aromatic amines is 2. The summed E-state index contributed by atoms with van der Waals surface area (Å²) in [4.78, 5) is 61.0. The van der Waals surface area contributed by atoms with E-state index in [0.29, 0.717) is 24.3 Å². The number of nitro benzene ring substituents is 6. The first-order valence-electron chi connectivity index (χ1n) is 11.1. The van der Waals surface area contributed by atoms with E-state index in [2.05, 4.69) is 34.2 Å². The molecule has 4 rings (SSSR count). The Morgan fingerprint density at radius 3 is 0.818 bits per heavy atom. The van der Waals surface area contributed by atoms with Gasteiger partial charge in [0.25, 0.3) is 34.1 Å². The first kappa shape index (κ1) is 32.9. The largest absolute Gasteiger partial charge is 0.863 e. The van der Waals surface area contributed by atoms with Crippen molar-refractivity contribution in [2.45, 2.75) is 0 Å². The highest BCUT2D eigenvalue weighted by atomic mass is 16.7. The fourth-order valence-electron chi connectivity index (χ4n) is 3.08. The van der Waals surface area contributed by atoms with Crippen LogP contribution in [0.1, 0.15) is 0 Å². The van der Waals surface area contributed by atoms with Gasteiger partial charge in [0.2, 0.25) is 0 Å². The van der Waals surface area contributed by atoms with Crippen LogP contribution in [0, 0.1) is 60.7 Å². The molecule has 0 atom stereocenters. The van der Waals surface area contributed by atoms with Gasteiger partial charge in [-0.3, -0.25) is 60.7 Å². The molecule has 22 heteroatoms. The van der Waals surface area contributed by atoms with E-state index in [4.69, 9.17) is 0 Å². The maximum atomic E-state index is 11.1. The summed E-state index contributed by atoms with van der Waals surface area (Å²) in [5.74, 6) is -2.92. The Kier molecular flexibility index (Phi) is 10.8. The maximum absolute atomic E-state index is 11.1. The monoisotopic (exact) mass is 614 g/mol. The highest BCUT2D eigenvalue weighted by molar-refractivity contribution is 5.65. The van der Waals surface area contributed by atoms with Gasteiger partial charge in [-0.2, -0.15) is 0 Å². The molecule has 0 bridgehead atoms. The molecule has 226 valence electrons. The van der Waals surface area contributed by atoms with Gasteiger partial charge in [-0.1, -0.05) is 0 Å². The summed E-state index contributed by atoms with van der Waals surface area (Å²) in [6.45, 7) is 0. The molecular formula is C22H14N8O14. The number of rotatable bonds is 7. The van der Waals surface area contributed by atoms with Gasteiger partial charge >= 0.3 is 0 Å². The molecule has 2 N–H and O–H groups in total.